The Morgan fingerprint density at radius 3 is 2.29 bits per heavy atom. The third-order valence-corrected chi connectivity index (χ3v) is 5.55. The molecule has 0 saturated carbocycles. The molecular weight excluding hydrogens is 414 g/mol. The van der Waals surface area contributed by atoms with Gasteiger partial charge in [-0.3, -0.25) is 4.79 Å². The van der Waals surface area contributed by atoms with Crippen molar-refractivity contribution in [2.24, 2.45) is 5.14 Å². The number of anilines is 1. The van der Waals surface area contributed by atoms with Gasteiger partial charge in [-0.15, -0.1) is 0 Å². The maximum Gasteiger partial charge on any atom is 0.239 e. The highest BCUT2D eigenvalue weighted by Crippen LogP contribution is 2.31. The van der Waals surface area contributed by atoms with Crippen molar-refractivity contribution in [3.8, 4) is 11.5 Å². The molecule has 0 radical (unpaired) electrons. The third-order valence-electron chi connectivity index (χ3n) is 4.62. The van der Waals surface area contributed by atoms with Gasteiger partial charge in [0.2, 0.25) is 15.9 Å². The van der Waals surface area contributed by atoms with E-state index in [9.17, 15) is 13.2 Å². The molecule has 3 aromatic rings. The fourth-order valence-electron chi connectivity index (χ4n) is 3.02. The Bertz CT molecular complexity index is 1120. The minimum atomic E-state index is -3.70. The second kappa shape index (κ2) is 10.1. The first-order chi connectivity index (χ1) is 14.8. The highest BCUT2D eigenvalue weighted by Gasteiger charge is 2.13. The summed E-state index contributed by atoms with van der Waals surface area (Å²) in [6.07, 6.45) is 0.577. The van der Waals surface area contributed by atoms with Gasteiger partial charge < -0.3 is 15.0 Å². The van der Waals surface area contributed by atoms with Crippen LogP contribution in [0.2, 0.25) is 0 Å². The number of rotatable bonds is 9. The Hall–Kier alpha value is -3.36. The van der Waals surface area contributed by atoms with E-state index in [1.807, 2.05) is 66.5 Å². The molecule has 31 heavy (non-hydrogen) atoms. The van der Waals surface area contributed by atoms with Crippen molar-refractivity contribution in [3.63, 3.8) is 0 Å². The number of hydrogen-bond donors (Lipinski definition) is 2. The normalized spacial score (nSPS) is 11.0. The standard InChI is InChI=1S/C23H25N3O4S/c1-26(21-9-5-6-10-22(21)30-19-7-3-2-4-8-19)17-23(27)25-16-15-18-11-13-20(14-12-18)31(24,28)29/h2-14H,15-17H2,1H3,(H,25,27)(H2,24,28,29). The molecule has 0 saturated heterocycles. The van der Waals surface area contributed by atoms with Crippen LogP contribution in [-0.4, -0.2) is 34.5 Å². The summed E-state index contributed by atoms with van der Waals surface area (Å²) in [7, 11) is -1.87. The number of nitrogens with two attached hydrogens (primary N) is 1. The van der Waals surface area contributed by atoms with Crippen LogP contribution in [0.25, 0.3) is 0 Å². The van der Waals surface area contributed by atoms with E-state index < -0.39 is 10.0 Å². The van der Waals surface area contributed by atoms with Crippen LogP contribution in [0, 0.1) is 0 Å². The molecule has 0 spiro atoms. The summed E-state index contributed by atoms with van der Waals surface area (Å²) in [6, 6.07) is 23.3. The summed E-state index contributed by atoms with van der Waals surface area (Å²) in [6.45, 7) is 0.600. The highest BCUT2D eigenvalue weighted by molar-refractivity contribution is 7.89. The fourth-order valence-corrected chi connectivity index (χ4v) is 3.54. The van der Waals surface area contributed by atoms with Crippen LogP contribution in [0.4, 0.5) is 5.69 Å². The van der Waals surface area contributed by atoms with Crippen LogP contribution in [0.1, 0.15) is 5.56 Å². The number of likely N-dealkylation sites (N-methyl/N-ethyl adjacent to an activating group) is 1. The molecule has 3 aromatic carbocycles. The second-order valence-corrected chi connectivity index (χ2v) is 8.59. The first kappa shape index (κ1) is 22.3. The third kappa shape index (κ3) is 6.56. The van der Waals surface area contributed by atoms with E-state index >= 15 is 0 Å². The van der Waals surface area contributed by atoms with Crippen LogP contribution in [0.3, 0.4) is 0 Å². The average molecular weight is 440 g/mol. The van der Waals surface area contributed by atoms with Gasteiger partial charge in [0, 0.05) is 13.6 Å². The topological polar surface area (TPSA) is 102 Å². The Morgan fingerprint density at radius 2 is 1.61 bits per heavy atom. The van der Waals surface area contributed by atoms with Crippen LogP contribution < -0.4 is 20.1 Å². The SMILES string of the molecule is CN(CC(=O)NCCc1ccc(S(N)(=O)=O)cc1)c1ccccc1Oc1ccccc1. The van der Waals surface area contributed by atoms with Crippen LogP contribution in [0.15, 0.2) is 83.8 Å². The number of nitrogens with one attached hydrogen (secondary N) is 1. The van der Waals surface area contributed by atoms with E-state index in [4.69, 9.17) is 9.88 Å². The smallest absolute Gasteiger partial charge is 0.239 e. The van der Waals surface area contributed by atoms with Crippen molar-refractivity contribution in [2.75, 3.05) is 25.0 Å². The van der Waals surface area contributed by atoms with Crippen molar-refractivity contribution < 1.29 is 17.9 Å². The van der Waals surface area contributed by atoms with E-state index in [1.54, 1.807) is 12.1 Å². The first-order valence-corrected chi connectivity index (χ1v) is 11.3. The Balaban J connectivity index is 1.53. The largest absolute Gasteiger partial charge is 0.455 e. The number of ether oxygens (including phenoxy) is 1. The fraction of sp³-hybridized carbons (Fsp3) is 0.174. The van der Waals surface area contributed by atoms with Crippen molar-refractivity contribution in [1.29, 1.82) is 0 Å². The van der Waals surface area contributed by atoms with E-state index in [0.717, 1.165) is 17.0 Å². The summed E-state index contributed by atoms with van der Waals surface area (Å²) in [4.78, 5) is 14.3. The molecule has 3 N–H and O–H groups in total. The van der Waals surface area contributed by atoms with E-state index in [0.29, 0.717) is 18.7 Å². The molecule has 0 unspecified atom stereocenters. The molecule has 0 aliphatic heterocycles. The average Bonchev–Trinajstić information content (AvgIpc) is 2.74. The zero-order valence-electron chi connectivity index (χ0n) is 17.2. The molecule has 0 aliphatic carbocycles. The molecule has 0 aromatic heterocycles. The van der Waals surface area contributed by atoms with Gasteiger partial charge in [0.15, 0.2) is 5.75 Å². The lowest BCUT2D eigenvalue weighted by molar-refractivity contribution is -0.119. The van der Waals surface area contributed by atoms with Gasteiger partial charge in [-0.05, 0) is 48.4 Å². The van der Waals surface area contributed by atoms with Gasteiger partial charge in [0.1, 0.15) is 5.75 Å². The Labute approximate surface area is 182 Å². The monoisotopic (exact) mass is 439 g/mol. The number of carbonyl (C=O) groups excluding carboxylic acids is 1. The lowest BCUT2D eigenvalue weighted by Crippen LogP contribution is -2.36. The summed E-state index contributed by atoms with van der Waals surface area (Å²) < 4.78 is 28.6. The van der Waals surface area contributed by atoms with E-state index in [1.165, 1.54) is 12.1 Å². The van der Waals surface area contributed by atoms with Crippen molar-refractivity contribution >= 4 is 21.6 Å². The van der Waals surface area contributed by atoms with Crippen LogP contribution in [0.5, 0.6) is 11.5 Å². The van der Waals surface area contributed by atoms with Crippen LogP contribution >= 0.6 is 0 Å². The number of hydrogen-bond acceptors (Lipinski definition) is 5. The predicted molar refractivity (Wildman–Crippen MR) is 121 cm³/mol. The Morgan fingerprint density at radius 1 is 0.968 bits per heavy atom. The molecule has 0 aliphatic rings. The molecule has 0 bridgehead atoms. The minimum absolute atomic E-state index is 0.0679. The first-order valence-electron chi connectivity index (χ1n) is 9.74. The van der Waals surface area contributed by atoms with Crippen molar-refractivity contribution in [2.45, 2.75) is 11.3 Å². The van der Waals surface area contributed by atoms with Crippen molar-refractivity contribution in [3.05, 3.63) is 84.4 Å². The molecule has 7 nitrogen and oxygen atoms in total. The van der Waals surface area contributed by atoms with Crippen LogP contribution in [-0.2, 0) is 21.2 Å². The number of primary sulfonamides is 1. The molecule has 162 valence electrons. The number of amides is 1. The van der Waals surface area contributed by atoms with Gasteiger partial charge in [-0.25, -0.2) is 13.6 Å². The summed E-state index contributed by atoms with van der Waals surface area (Å²) in [5.74, 6) is 1.26. The molecule has 1 amide bonds. The quantitative estimate of drug-likeness (QED) is 0.534. The summed E-state index contributed by atoms with van der Waals surface area (Å²) >= 11 is 0. The molecule has 0 heterocycles. The number of nitrogens with zero attached hydrogens (tertiary/aromatic N) is 1. The number of benzene rings is 3. The predicted octanol–water partition coefficient (Wildman–Crippen LogP) is 2.92. The number of sulfonamides is 1. The molecule has 0 atom stereocenters. The molecule has 3 rings (SSSR count). The van der Waals surface area contributed by atoms with Gasteiger partial charge in [0.05, 0.1) is 17.1 Å². The maximum atomic E-state index is 12.4. The molecule has 0 fully saturated rings. The Kier molecular flexibility index (Phi) is 7.28. The second-order valence-electron chi connectivity index (χ2n) is 7.03. The molecule has 8 heteroatoms. The maximum absolute atomic E-state index is 12.4. The van der Waals surface area contributed by atoms with E-state index in [-0.39, 0.29) is 17.3 Å². The lowest BCUT2D eigenvalue weighted by atomic mass is 10.1. The van der Waals surface area contributed by atoms with Gasteiger partial charge >= 0.3 is 0 Å². The van der Waals surface area contributed by atoms with Gasteiger partial charge in [-0.2, -0.15) is 0 Å². The summed E-state index contributed by atoms with van der Waals surface area (Å²) in [5.41, 5.74) is 1.71. The summed E-state index contributed by atoms with van der Waals surface area (Å²) in [5, 5.41) is 7.98. The van der Waals surface area contributed by atoms with E-state index in [2.05, 4.69) is 5.32 Å². The zero-order chi connectivity index (χ0) is 22.3. The number of carbonyl (C=O) groups is 1. The van der Waals surface area contributed by atoms with Gasteiger partial charge in [0.25, 0.3) is 0 Å². The van der Waals surface area contributed by atoms with Gasteiger partial charge in [-0.1, -0.05) is 42.5 Å². The lowest BCUT2D eigenvalue weighted by Gasteiger charge is -2.21. The highest BCUT2D eigenvalue weighted by atomic mass is 32.2. The minimum Gasteiger partial charge on any atom is -0.455 e. The zero-order valence-corrected chi connectivity index (χ0v) is 18.0. The molecular formula is C23H25N3O4S. The van der Waals surface area contributed by atoms with Crippen molar-refractivity contribution in [1.82, 2.24) is 5.32 Å². The number of para-hydroxylation sites is 3.